The number of nitrogens with zero attached hydrogens (tertiary/aromatic N) is 1. The molecule has 0 aromatic heterocycles. The Balaban J connectivity index is 1.77. The Hall–Kier alpha value is -2.54. The number of hydrogen-bond donors (Lipinski definition) is 1. The highest BCUT2D eigenvalue weighted by Crippen LogP contribution is 2.32. The van der Waals surface area contributed by atoms with Gasteiger partial charge in [-0.1, -0.05) is 18.2 Å². The molecule has 0 spiro atoms. The van der Waals surface area contributed by atoms with E-state index in [1.165, 1.54) is 6.07 Å². The molecule has 1 saturated heterocycles. The highest BCUT2D eigenvalue weighted by atomic mass is 79.9. The van der Waals surface area contributed by atoms with Crippen molar-refractivity contribution in [3.63, 3.8) is 0 Å². The van der Waals surface area contributed by atoms with Crippen molar-refractivity contribution in [3.8, 4) is 17.2 Å². The van der Waals surface area contributed by atoms with Gasteiger partial charge in [0, 0.05) is 13.0 Å². The largest absolute Gasteiger partial charge is 0.507 e. The Labute approximate surface area is 172 Å². The second-order valence-corrected chi connectivity index (χ2v) is 7.41. The van der Waals surface area contributed by atoms with Crippen molar-refractivity contribution in [3.05, 3.63) is 52.0 Å². The van der Waals surface area contributed by atoms with Crippen molar-refractivity contribution in [1.82, 2.24) is 4.90 Å². The molecule has 1 aliphatic rings. The number of carbonyl (C=O) groups is 2. The van der Waals surface area contributed by atoms with Crippen LogP contribution >= 0.6 is 15.9 Å². The first-order valence-electron chi connectivity index (χ1n) is 9.06. The summed E-state index contributed by atoms with van der Waals surface area (Å²) in [7, 11) is 1.60. The molecule has 28 heavy (non-hydrogen) atoms. The monoisotopic (exact) mass is 447 g/mol. The maximum Gasteiger partial charge on any atom is 0.223 e. The van der Waals surface area contributed by atoms with Gasteiger partial charge in [-0.15, -0.1) is 0 Å². The van der Waals surface area contributed by atoms with Crippen molar-refractivity contribution in [2.24, 2.45) is 0 Å². The molecule has 1 heterocycles. The third-order valence-electron chi connectivity index (χ3n) is 4.89. The van der Waals surface area contributed by atoms with E-state index in [4.69, 9.17) is 9.47 Å². The molecule has 2 aromatic carbocycles. The van der Waals surface area contributed by atoms with Crippen molar-refractivity contribution >= 4 is 28.1 Å². The van der Waals surface area contributed by atoms with Crippen molar-refractivity contribution < 1.29 is 24.2 Å². The molecule has 1 atom stereocenters. The molecular formula is C21H22BrNO5. The molecule has 1 N–H and O–H groups in total. The maximum absolute atomic E-state index is 12.6. The smallest absolute Gasteiger partial charge is 0.223 e. The van der Waals surface area contributed by atoms with Crippen LogP contribution in [0.1, 0.15) is 35.2 Å². The van der Waals surface area contributed by atoms with Gasteiger partial charge in [0.25, 0.3) is 0 Å². The van der Waals surface area contributed by atoms with Crippen molar-refractivity contribution in [1.29, 1.82) is 0 Å². The summed E-state index contributed by atoms with van der Waals surface area (Å²) < 4.78 is 12.0. The lowest BCUT2D eigenvalue weighted by atomic mass is 10.0. The van der Waals surface area contributed by atoms with Crippen LogP contribution in [0.2, 0.25) is 0 Å². The molecule has 1 amide bonds. The Morgan fingerprint density at radius 3 is 2.75 bits per heavy atom. The van der Waals surface area contributed by atoms with E-state index < -0.39 is 0 Å². The Kier molecular flexibility index (Phi) is 6.57. The van der Waals surface area contributed by atoms with Crippen LogP contribution in [0.5, 0.6) is 17.2 Å². The summed E-state index contributed by atoms with van der Waals surface area (Å²) in [5.74, 6) is 0.978. The van der Waals surface area contributed by atoms with E-state index in [-0.39, 0.29) is 29.9 Å². The van der Waals surface area contributed by atoms with Gasteiger partial charge >= 0.3 is 0 Å². The van der Waals surface area contributed by atoms with E-state index in [0.29, 0.717) is 30.8 Å². The van der Waals surface area contributed by atoms with Crippen LogP contribution < -0.4 is 9.47 Å². The number of methoxy groups -OCH3 is 1. The summed E-state index contributed by atoms with van der Waals surface area (Å²) in [6, 6.07) is 10.3. The van der Waals surface area contributed by atoms with Gasteiger partial charge in [0.1, 0.15) is 23.9 Å². The normalized spacial score (nSPS) is 16.7. The van der Waals surface area contributed by atoms with E-state index in [0.717, 1.165) is 22.9 Å². The average Bonchev–Trinajstić information content (AvgIpc) is 2.69. The molecule has 6 nitrogen and oxygen atoms in total. The van der Waals surface area contributed by atoms with Gasteiger partial charge in [-0.05, 0) is 52.5 Å². The minimum Gasteiger partial charge on any atom is -0.507 e. The Morgan fingerprint density at radius 1 is 1.25 bits per heavy atom. The first-order chi connectivity index (χ1) is 13.5. The van der Waals surface area contributed by atoms with E-state index in [1.807, 2.05) is 23.1 Å². The van der Waals surface area contributed by atoms with E-state index in [9.17, 15) is 14.7 Å². The number of halogens is 1. The second kappa shape index (κ2) is 9.10. The molecule has 148 valence electrons. The lowest BCUT2D eigenvalue weighted by molar-refractivity contribution is -0.138. The summed E-state index contributed by atoms with van der Waals surface area (Å²) in [6.45, 7) is 0.683. The number of rotatable bonds is 7. The van der Waals surface area contributed by atoms with Crippen LogP contribution in [0.15, 0.2) is 40.9 Å². The number of phenolic OH excluding ortho intramolecular Hbond substituents is 1. The minimum absolute atomic E-state index is 0.0705. The molecule has 7 heteroatoms. The molecule has 0 aliphatic carbocycles. The first-order valence-corrected chi connectivity index (χ1v) is 9.85. The number of benzene rings is 2. The lowest BCUT2D eigenvalue weighted by Crippen LogP contribution is -2.46. The quantitative estimate of drug-likeness (QED) is 0.650. The van der Waals surface area contributed by atoms with Gasteiger partial charge in [-0.25, -0.2) is 0 Å². The van der Waals surface area contributed by atoms with Crippen LogP contribution in [0.4, 0.5) is 0 Å². The maximum atomic E-state index is 12.6. The zero-order chi connectivity index (χ0) is 20.1. The summed E-state index contributed by atoms with van der Waals surface area (Å²) in [5.41, 5.74) is 1.07. The molecule has 0 bridgehead atoms. The average molecular weight is 448 g/mol. The van der Waals surface area contributed by atoms with Crippen molar-refractivity contribution in [2.45, 2.75) is 31.8 Å². The zero-order valence-corrected chi connectivity index (χ0v) is 17.1. The molecule has 1 aliphatic heterocycles. The third-order valence-corrected chi connectivity index (χ3v) is 5.79. The predicted octanol–water partition coefficient (Wildman–Crippen LogP) is 3.94. The van der Waals surface area contributed by atoms with Crippen LogP contribution in [0.3, 0.4) is 0 Å². The number of hydrogen-bond acceptors (Lipinski definition) is 5. The molecule has 3 rings (SSSR count). The van der Waals surface area contributed by atoms with E-state index in [2.05, 4.69) is 15.9 Å². The third kappa shape index (κ3) is 4.30. The summed E-state index contributed by atoms with van der Waals surface area (Å²) >= 11 is 3.55. The summed E-state index contributed by atoms with van der Waals surface area (Å²) in [4.78, 5) is 25.6. The fourth-order valence-electron chi connectivity index (χ4n) is 3.36. The van der Waals surface area contributed by atoms with Crippen LogP contribution in [-0.2, 0) is 11.3 Å². The van der Waals surface area contributed by atoms with Crippen molar-refractivity contribution in [2.75, 3.05) is 13.7 Å². The molecule has 1 unspecified atom stereocenters. The Bertz CT molecular complexity index is 870. The number of carbonyl (C=O) groups excluding carboxylic acids is 2. The topological polar surface area (TPSA) is 76.1 Å². The van der Waals surface area contributed by atoms with Gasteiger partial charge in [0.05, 0.1) is 23.2 Å². The van der Waals surface area contributed by atoms with E-state index in [1.54, 1.807) is 19.2 Å². The predicted molar refractivity (Wildman–Crippen MR) is 108 cm³/mol. The van der Waals surface area contributed by atoms with Gasteiger partial charge in [-0.3, -0.25) is 9.59 Å². The van der Waals surface area contributed by atoms with Gasteiger partial charge in [0.2, 0.25) is 5.91 Å². The number of aldehydes is 1. The fraction of sp³-hybridized carbons (Fsp3) is 0.333. The molecule has 2 aromatic rings. The summed E-state index contributed by atoms with van der Waals surface area (Å²) in [5, 5.41) is 9.80. The van der Waals surface area contributed by atoms with Gasteiger partial charge in [-0.2, -0.15) is 0 Å². The fourth-order valence-corrected chi connectivity index (χ4v) is 3.92. The first kappa shape index (κ1) is 20.2. The van der Waals surface area contributed by atoms with Crippen LogP contribution in [-0.4, -0.2) is 42.0 Å². The molecule has 1 fully saturated rings. The Morgan fingerprint density at radius 2 is 2.00 bits per heavy atom. The van der Waals surface area contributed by atoms with Gasteiger partial charge < -0.3 is 19.5 Å². The van der Waals surface area contributed by atoms with Crippen LogP contribution in [0.25, 0.3) is 0 Å². The summed E-state index contributed by atoms with van der Waals surface area (Å²) in [6.07, 6.45) is 2.68. The van der Waals surface area contributed by atoms with E-state index >= 15 is 0 Å². The SMILES string of the molecule is COc1cccc(CN2C(=O)CCCC2COc2cccc(O)c2C=O)c1Br. The number of phenols is 1. The minimum atomic E-state index is -0.124. The molecule has 0 saturated carbocycles. The lowest BCUT2D eigenvalue weighted by Gasteiger charge is -2.36. The highest BCUT2D eigenvalue weighted by molar-refractivity contribution is 9.10. The zero-order valence-electron chi connectivity index (χ0n) is 15.6. The standard InChI is InChI=1S/C21H22BrNO5/c1-27-19-9-2-5-14(21(19)22)11-23-15(6-3-10-20(23)26)13-28-18-8-4-7-17(25)16(18)12-24/h2,4-5,7-9,12,15,25H,3,6,10-11,13H2,1H3. The number of amides is 1. The number of piperidine rings is 1. The molecular weight excluding hydrogens is 426 g/mol. The molecule has 0 radical (unpaired) electrons. The second-order valence-electron chi connectivity index (χ2n) is 6.62. The van der Waals surface area contributed by atoms with Crippen LogP contribution in [0, 0.1) is 0 Å². The number of aromatic hydroxyl groups is 1. The highest BCUT2D eigenvalue weighted by Gasteiger charge is 2.29. The number of likely N-dealkylation sites (tertiary alicyclic amines) is 1. The number of ether oxygens (including phenoxy) is 2. The van der Waals surface area contributed by atoms with Gasteiger partial charge in [0.15, 0.2) is 6.29 Å².